The van der Waals surface area contributed by atoms with Crippen LogP contribution in [0.2, 0.25) is 0 Å². The second-order valence-corrected chi connectivity index (χ2v) is 7.46. The molecule has 6 nitrogen and oxygen atoms in total. The topological polar surface area (TPSA) is 75.9 Å². The molecule has 0 saturated carbocycles. The first kappa shape index (κ1) is 19.0. The van der Waals surface area contributed by atoms with Gasteiger partial charge in [0, 0.05) is 12.2 Å². The van der Waals surface area contributed by atoms with E-state index in [9.17, 15) is 14.0 Å². The molecule has 0 saturated heterocycles. The molecule has 1 aromatic carbocycles. The zero-order valence-corrected chi connectivity index (χ0v) is 15.4. The highest BCUT2D eigenvalue weighted by Crippen LogP contribution is 2.30. The summed E-state index contributed by atoms with van der Waals surface area (Å²) in [4.78, 5) is 27.6. The zero-order valence-electron chi connectivity index (χ0n) is 15.4. The second kappa shape index (κ2) is 6.90. The number of nitrogens with two attached hydrogens (primary N) is 1. The Morgan fingerprint density at radius 3 is 2.56 bits per heavy atom. The van der Waals surface area contributed by atoms with E-state index in [1.165, 1.54) is 12.1 Å². The predicted molar refractivity (Wildman–Crippen MR) is 93.6 cm³/mol. The summed E-state index contributed by atoms with van der Waals surface area (Å²) < 4.78 is 19.3. The number of rotatable bonds is 2. The van der Waals surface area contributed by atoms with Crippen LogP contribution in [0.1, 0.15) is 40.2 Å². The number of fused-ring (bicyclic) bond motifs is 1. The van der Waals surface area contributed by atoms with Gasteiger partial charge in [0.15, 0.2) is 0 Å². The van der Waals surface area contributed by atoms with Crippen LogP contribution in [0, 0.1) is 5.82 Å². The molecule has 1 aliphatic rings. The van der Waals surface area contributed by atoms with Gasteiger partial charge in [0.1, 0.15) is 17.5 Å². The first-order valence-corrected chi connectivity index (χ1v) is 8.33. The maximum absolute atomic E-state index is 13.8. The van der Waals surface area contributed by atoms with Crippen molar-refractivity contribution in [2.24, 2.45) is 5.73 Å². The largest absolute Gasteiger partial charge is 0.444 e. The highest BCUT2D eigenvalue weighted by Gasteiger charge is 2.34. The fraction of sp³-hybridized carbons (Fsp3) is 0.556. The monoisotopic (exact) mass is 351 g/mol. The van der Waals surface area contributed by atoms with Crippen LogP contribution in [-0.4, -0.2) is 41.1 Å². The molecule has 2 amide bonds. The molecule has 0 spiro atoms. The molecule has 0 fully saturated rings. The third-order valence-electron chi connectivity index (χ3n) is 4.20. The number of carbonyl (C=O) groups is 2. The van der Waals surface area contributed by atoms with Gasteiger partial charge in [-0.1, -0.05) is 6.07 Å². The van der Waals surface area contributed by atoms with Crippen LogP contribution in [0.25, 0.3) is 0 Å². The van der Waals surface area contributed by atoms with Crippen LogP contribution in [0.3, 0.4) is 0 Å². The van der Waals surface area contributed by atoms with Crippen LogP contribution in [0.15, 0.2) is 18.2 Å². The third kappa shape index (κ3) is 4.41. The summed E-state index contributed by atoms with van der Waals surface area (Å²) in [6.07, 6.45) is -0.441. The van der Waals surface area contributed by atoms with Crippen molar-refractivity contribution in [2.45, 2.75) is 58.8 Å². The number of hydrogen-bond donors (Lipinski definition) is 1. The van der Waals surface area contributed by atoms with E-state index < -0.39 is 29.5 Å². The molecule has 0 radical (unpaired) electrons. The quantitative estimate of drug-likeness (QED) is 0.889. The summed E-state index contributed by atoms with van der Waals surface area (Å²) >= 11 is 0. The summed E-state index contributed by atoms with van der Waals surface area (Å²) in [5.41, 5.74) is 6.15. The lowest BCUT2D eigenvalue weighted by Gasteiger charge is -2.33. The minimum absolute atomic E-state index is 0.243. The normalized spacial score (nSPS) is 19.0. The van der Waals surface area contributed by atoms with Crippen LogP contribution >= 0.6 is 0 Å². The van der Waals surface area contributed by atoms with Crippen LogP contribution < -0.4 is 10.6 Å². The molecule has 1 aliphatic heterocycles. The van der Waals surface area contributed by atoms with Crippen molar-refractivity contribution in [3.8, 4) is 0 Å². The fourth-order valence-corrected chi connectivity index (χ4v) is 2.84. The van der Waals surface area contributed by atoms with Crippen molar-refractivity contribution in [2.75, 3.05) is 11.4 Å². The minimum Gasteiger partial charge on any atom is -0.444 e. The van der Waals surface area contributed by atoms with Gasteiger partial charge in [-0.25, -0.2) is 9.18 Å². The molecule has 2 atom stereocenters. The Morgan fingerprint density at radius 1 is 1.36 bits per heavy atom. The van der Waals surface area contributed by atoms with Gasteiger partial charge in [-0.2, -0.15) is 0 Å². The van der Waals surface area contributed by atoms with E-state index in [4.69, 9.17) is 10.5 Å². The summed E-state index contributed by atoms with van der Waals surface area (Å²) in [5.74, 6) is -0.910. The van der Waals surface area contributed by atoms with Gasteiger partial charge < -0.3 is 15.4 Å². The number of anilines is 1. The first-order valence-electron chi connectivity index (χ1n) is 8.33. The van der Waals surface area contributed by atoms with Crippen molar-refractivity contribution >= 4 is 17.7 Å². The second-order valence-electron chi connectivity index (χ2n) is 7.46. The highest BCUT2D eigenvalue weighted by molar-refractivity contribution is 5.84. The number of halogens is 1. The van der Waals surface area contributed by atoms with Crippen molar-refractivity contribution in [1.29, 1.82) is 0 Å². The number of primary amides is 1. The standard InChI is InChI=1S/C18H26FN3O3/c1-11-9-22(12(2)16(20)23)15-8-14(19)7-6-13(15)10-21(11)17(24)25-18(3,4)5/h6-8,11-12H,9-10H2,1-5H3,(H2,20,23)/t11-,12+/m1/s1. The number of carbonyl (C=O) groups excluding carboxylic acids is 2. The number of benzene rings is 1. The van der Waals surface area contributed by atoms with Crippen molar-refractivity contribution in [3.05, 3.63) is 29.6 Å². The van der Waals surface area contributed by atoms with Gasteiger partial charge in [0.2, 0.25) is 5.91 Å². The third-order valence-corrected chi connectivity index (χ3v) is 4.20. The molecule has 0 aliphatic carbocycles. The molecule has 138 valence electrons. The maximum Gasteiger partial charge on any atom is 0.410 e. The Labute approximate surface area is 147 Å². The summed E-state index contributed by atoms with van der Waals surface area (Å²) in [6.45, 7) is 9.57. The molecule has 7 heteroatoms. The Hall–Kier alpha value is -2.31. The lowest BCUT2D eigenvalue weighted by atomic mass is 10.1. The van der Waals surface area contributed by atoms with E-state index >= 15 is 0 Å². The van der Waals surface area contributed by atoms with Crippen LogP contribution in [-0.2, 0) is 16.1 Å². The van der Waals surface area contributed by atoms with E-state index in [0.29, 0.717) is 12.2 Å². The van der Waals surface area contributed by atoms with E-state index in [0.717, 1.165) is 5.56 Å². The van der Waals surface area contributed by atoms with E-state index in [1.54, 1.807) is 43.6 Å². The van der Waals surface area contributed by atoms with Crippen molar-refractivity contribution in [1.82, 2.24) is 4.90 Å². The van der Waals surface area contributed by atoms with E-state index in [1.807, 2.05) is 6.92 Å². The van der Waals surface area contributed by atoms with Gasteiger partial charge in [0.25, 0.3) is 0 Å². The average molecular weight is 351 g/mol. The Balaban J connectivity index is 2.42. The summed E-state index contributed by atoms with van der Waals surface area (Å²) in [6, 6.07) is 3.48. The predicted octanol–water partition coefficient (Wildman–Crippen LogP) is 2.65. The number of amides is 2. The highest BCUT2D eigenvalue weighted by atomic mass is 19.1. The molecule has 2 N–H and O–H groups in total. The van der Waals surface area contributed by atoms with Gasteiger partial charge in [-0.3, -0.25) is 9.69 Å². The molecule has 0 bridgehead atoms. The fourth-order valence-electron chi connectivity index (χ4n) is 2.84. The molecule has 0 unspecified atom stereocenters. The first-order chi connectivity index (χ1) is 11.5. The average Bonchev–Trinajstić information content (AvgIpc) is 2.61. The molecule has 1 heterocycles. The molecule has 1 aromatic rings. The van der Waals surface area contributed by atoms with Crippen LogP contribution in [0.5, 0.6) is 0 Å². The Kier molecular flexibility index (Phi) is 5.25. The van der Waals surface area contributed by atoms with Gasteiger partial charge in [-0.05, 0) is 52.3 Å². The minimum atomic E-state index is -0.624. The lowest BCUT2D eigenvalue weighted by molar-refractivity contribution is -0.119. The van der Waals surface area contributed by atoms with Crippen LogP contribution in [0.4, 0.5) is 14.9 Å². The van der Waals surface area contributed by atoms with Crippen molar-refractivity contribution in [3.63, 3.8) is 0 Å². The zero-order chi connectivity index (χ0) is 18.9. The molecular formula is C18H26FN3O3. The molecular weight excluding hydrogens is 325 g/mol. The molecule has 25 heavy (non-hydrogen) atoms. The van der Waals surface area contributed by atoms with Gasteiger partial charge in [-0.15, -0.1) is 0 Å². The van der Waals surface area contributed by atoms with E-state index in [-0.39, 0.29) is 12.6 Å². The molecule has 2 rings (SSSR count). The SMILES string of the molecule is C[C@@H]1CN([C@@H](C)C(N)=O)c2cc(F)ccc2CN1C(=O)OC(C)(C)C. The Bertz CT molecular complexity index is 672. The smallest absolute Gasteiger partial charge is 0.410 e. The van der Waals surface area contributed by atoms with Gasteiger partial charge in [0.05, 0.1) is 12.6 Å². The van der Waals surface area contributed by atoms with Gasteiger partial charge >= 0.3 is 6.09 Å². The summed E-state index contributed by atoms with van der Waals surface area (Å²) in [5, 5.41) is 0. The lowest BCUT2D eigenvalue weighted by Crippen LogP contribution is -2.49. The summed E-state index contributed by atoms with van der Waals surface area (Å²) in [7, 11) is 0. The van der Waals surface area contributed by atoms with E-state index in [2.05, 4.69) is 0 Å². The molecule has 0 aromatic heterocycles. The maximum atomic E-state index is 13.8. The van der Waals surface area contributed by atoms with Crippen molar-refractivity contribution < 1.29 is 18.7 Å². The number of nitrogens with zero attached hydrogens (tertiary/aromatic N) is 2. The number of hydrogen-bond acceptors (Lipinski definition) is 4. The Morgan fingerprint density at radius 2 is 2.00 bits per heavy atom. The number of ether oxygens (including phenoxy) is 1.